The van der Waals surface area contributed by atoms with Gasteiger partial charge < -0.3 is 0 Å². The van der Waals surface area contributed by atoms with Gasteiger partial charge in [-0.05, 0) is 105 Å². The highest BCUT2D eigenvalue weighted by molar-refractivity contribution is 6.23. The molecule has 0 bridgehead atoms. The molecule has 0 saturated heterocycles. The van der Waals surface area contributed by atoms with Gasteiger partial charge in [0.15, 0.2) is 0 Å². The fourth-order valence-corrected chi connectivity index (χ4v) is 8.79. The Morgan fingerprint density at radius 3 is 1.55 bits per heavy atom. The normalized spacial score (nSPS) is 13.3. The molecule has 0 N–H and O–H groups in total. The minimum atomic E-state index is -0.111. The number of benzene rings is 9. The van der Waals surface area contributed by atoms with Crippen LogP contribution in [0, 0.1) is 0 Å². The van der Waals surface area contributed by atoms with Crippen molar-refractivity contribution in [2.45, 2.75) is 19.3 Å². The summed E-state index contributed by atoms with van der Waals surface area (Å²) < 4.78 is 0. The quantitative estimate of drug-likeness (QED) is 0.172. The third kappa shape index (κ3) is 4.11. The van der Waals surface area contributed by atoms with E-state index in [1.807, 2.05) is 0 Å². The second kappa shape index (κ2) is 10.5. The fourth-order valence-electron chi connectivity index (χ4n) is 8.79. The van der Waals surface area contributed by atoms with E-state index in [0.717, 1.165) is 0 Å². The molecule has 9 aromatic rings. The molecule has 1 aliphatic rings. The molecule has 0 atom stereocenters. The number of rotatable bonds is 3. The summed E-state index contributed by atoms with van der Waals surface area (Å²) in [6, 6.07) is 63.1. The highest BCUT2D eigenvalue weighted by Crippen LogP contribution is 2.56. The van der Waals surface area contributed by atoms with Crippen molar-refractivity contribution in [3.8, 4) is 44.5 Å². The highest BCUT2D eigenvalue weighted by Gasteiger charge is 2.38. The maximum absolute atomic E-state index is 2.40. The van der Waals surface area contributed by atoms with Crippen LogP contribution in [-0.2, 0) is 5.41 Å². The van der Waals surface area contributed by atoms with Gasteiger partial charge in [-0.2, -0.15) is 0 Å². The van der Waals surface area contributed by atoms with Crippen molar-refractivity contribution in [3.63, 3.8) is 0 Å². The van der Waals surface area contributed by atoms with Crippen LogP contribution in [0.1, 0.15) is 25.0 Å². The molecule has 0 aromatic heterocycles. The lowest BCUT2D eigenvalue weighted by atomic mass is 9.79. The molecule has 0 fully saturated rings. The molecule has 0 heterocycles. The summed E-state index contributed by atoms with van der Waals surface area (Å²) in [5.74, 6) is 0. The summed E-state index contributed by atoms with van der Waals surface area (Å²) in [5, 5.41) is 10.3. The summed E-state index contributed by atoms with van der Waals surface area (Å²) >= 11 is 0. The zero-order chi connectivity index (χ0) is 32.7. The minimum absolute atomic E-state index is 0.111. The molecule has 10 rings (SSSR count). The Morgan fingerprint density at radius 2 is 0.857 bits per heavy atom. The van der Waals surface area contributed by atoms with Crippen LogP contribution in [0.3, 0.4) is 0 Å². The first-order chi connectivity index (χ1) is 24.1. The van der Waals surface area contributed by atoms with Gasteiger partial charge in [0.05, 0.1) is 0 Å². The first-order valence-corrected chi connectivity index (χ1v) is 17.3. The van der Waals surface area contributed by atoms with Crippen LogP contribution < -0.4 is 0 Å². The van der Waals surface area contributed by atoms with E-state index in [0.29, 0.717) is 0 Å². The Kier molecular flexibility index (Phi) is 6.02. The van der Waals surface area contributed by atoms with E-state index >= 15 is 0 Å². The first kappa shape index (κ1) is 28.1. The van der Waals surface area contributed by atoms with Crippen molar-refractivity contribution in [2.24, 2.45) is 0 Å². The molecule has 1 aliphatic carbocycles. The Labute approximate surface area is 286 Å². The smallest absolute Gasteiger partial charge is 0.0165 e. The third-order valence-corrected chi connectivity index (χ3v) is 11.0. The average Bonchev–Trinajstić information content (AvgIpc) is 3.40. The summed E-state index contributed by atoms with van der Waals surface area (Å²) in [6.07, 6.45) is 0. The highest BCUT2D eigenvalue weighted by atomic mass is 14.4. The van der Waals surface area contributed by atoms with Crippen molar-refractivity contribution >= 4 is 43.1 Å². The van der Waals surface area contributed by atoms with Crippen LogP contribution in [0.2, 0.25) is 0 Å². The monoisotopic (exact) mass is 622 g/mol. The van der Waals surface area contributed by atoms with Crippen molar-refractivity contribution in [1.82, 2.24) is 0 Å². The second-order valence-electron chi connectivity index (χ2n) is 14.0. The molecule has 0 heteroatoms. The predicted octanol–water partition coefficient (Wildman–Crippen LogP) is 13.6. The Bertz CT molecular complexity index is 2720. The lowest BCUT2D eigenvalue weighted by molar-refractivity contribution is 0.666. The molecule has 0 unspecified atom stereocenters. The van der Waals surface area contributed by atoms with Gasteiger partial charge >= 0.3 is 0 Å². The molecule has 0 nitrogen and oxygen atoms in total. The van der Waals surface area contributed by atoms with Gasteiger partial charge in [0.1, 0.15) is 0 Å². The molecule has 49 heavy (non-hydrogen) atoms. The molecule has 0 aliphatic heterocycles. The van der Waals surface area contributed by atoms with E-state index in [4.69, 9.17) is 0 Å². The van der Waals surface area contributed by atoms with Crippen molar-refractivity contribution in [1.29, 1.82) is 0 Å². The molecule has 230 valence electrons. The number of hydrogen-bond donors (Lipinski definition) is 0. The van der Waals surface area contributed by atoms with E-state index in [1.165, 1.54) is 98.7 Å². The lowest BCUT2D eigenvalue weighted by Crippen LogP contribution is -2.15. The maximum atomic E-state index is 2.40. The van der Waals surface area contributed by atoms with Crippen LogP contribution in [0.25, 0.3) is 87.6 Å². The molecule has 0 amide bonds. The second-order valence-corrected chi connectivity index (χ2v) is 14.0. The maximum Gasteiger partial charge on any atom is 0.0165 e. The van der Waals surface area contributed by atoms with Crippen molar-refractivity contribution < 1.29 is 0 Å². The van der Waals surface area contributed by atoms with Gasteiger partial charge in [0.25, 0.3) is 0 Å². The van der Waals surface area contributed by atoms with E-state index in [-0.39, 0.29) is 5.41 Å². The Hall–Kier alpha value is -5.98. The minimum Gasteiger partial charge on any atom is -0.0616 e. The molecule has 9 aromatic carbocycles. The number of fused-ring (bicyclic) bond motifs is 8. The molecular formula is C49H34. The number of hydrogen-bond acceptors (Lipinski definition) is 0. The predicted molar refractivity (Wildman–Crippen MR) is 210 cm³/mol. The molecular weight excluding hydrogens is 589 g/mol. The van der Waals surface area contributed by atoms with Crippen LogP contribution >= 0.6 is 0 Å². The van der Waals surface area contributed by atoms with E-state index < -0.39 is 0 Å². The van der Waals surface area contributed by atoms with E-state index in [1.54, 1.807) is 0 Å². The van der Waals surface area contributed by atoms with Crippen LogP contribution in [0.4, 0.5) is 0 Å². The third-order valence-electron chi connectivity index (χ3n) is 11.0. The van der Waals surface area contributed by atoms with Gasteiger partial charge in [0, 0.05) is 5.41 Å². The first-order valence-electron chi connectivity index (χ1n) is 17.3. The topological polar surface area (TPSA) is 0 Å². The molecule has 0 saturated carbocycles. The van der Waals surface area contributed by atoms with Gasteiger partial charge in [0.2, 0.25) is 0 Å². The standard InChI is InChI=1S/C49H34/c1-49(2)44-21-11-20-42(47(44)43-29-28-33-13-5-6-15-37(33)48(43)49)46-40-18-9-7-16-38(40)45(39-17-8-10-19-41(39)46)34-25-22-32(23-26-34)36-27-24-31-12-3-4-14-35(31)30-36/h3-30H,1-2H3. The van der Waals surface area contributed by atoms with Gasteiger partial charge in [-0.3, -0.25) is 0 Å². The zero-order valence-electron chi connectivity index (χ0n) is 27.7. The summed E-state index contributed by atoms with van der Waals surface area (Å²) in [6.45, 7) is 4.80. The molecule has 0 radical (unpaired) electrons. The van der Waals surface area contributed by atoms with Gasteiger partial charge in [-0.25, -0.2) is 0 Å². The van der Waals surface area contributed by atoms with Crippen molar-refractivity contribution in [2.75, 3.05) is 0 Å². The van der Waals surface area contributed by atoms with E-state index in [9.17, 15) is 0 Å². The Balaban J connectivity index is 1.21. The van der Waals surface area contributed by atoms with Crippen LogP contribution in [0.5, 0.6) is 0 Å². The average molecular weight is 623 g/mol. The Morgan fingerprint density at radius 1 is 0.327 bits per heavy atom. The van der Waals surface area contributed by atoms with Gasteiger partial charge in [-0.15, -0.1) is 0 Å². The van der Waals surface area contributed by atoms with Crippen LogP contribution in [0.15, 0.2) is 170 Å². The van der Waals surface area contributed by atoms with Crippen LogP contribution in [-0.4, -0.2) is 0 Å². The summed E-state index contributed by atoms with van der Waals surface area (Å²) in [7, 11) is 0. The van der Waals surface area contributed by atoms with Gasteiger partial charge in [-0.1, -0.05) is 178 Å². The van der Waals surface area contributed by atoms with E-state index in [2.05, 4.69) is 184 Å². The fraction of sp³-hybridized carbons (Fsp3) is 0.0612. The summed E-state index contributed by atoms with van der Waals surface area (Å²) in [5.41, 5.74) is 13.1. The molecule has 0 spiro atoms. The SMILES string of the molecule is CC1(C)c2cccc(-c3c4ccccc4c(-c4ccc(-c5ccc6ccccc6c5)cc4)c4ccccc34)c2-c2ccc3ccccc3c21. The zero-order valence-corrected chi connectivity index (χ0v) is 27.7. The summed E-state index contributed by atoms with van der Waals surface area (Å²) in [4.78, 5) is 0. The largest absolute Gasteiger partial charge is 0.0616 e. The van der Waals surface area contributed by atoms with Crippen molar-refractivity contribution in [3.05, 3.63) is 181 Å². The lowest BCUT2D eigenvalue weighted by Gasteiger charge is -2.23.